The highest BCUT2D eigenvalue weighted by atomic mass is 19.1. The van der Waals surface area contributed by atoms with E-state index >= 15 is 0 Å². The van der Waals surface area contributed by atoms with Crippen LogP contribution < -0.4 is 10.6 Å². The van der Waals surface area contributed by atoms with Crippen LogP contribution in [0.2, 0.25) is 0 Å². The lowest BCUT2D eigenvalue weighted by Gasteiger charge is -2.19. The molecule has 2 amide bonds. The Morgan fingerprint density at radius 1 is 1.33 bits per heavy atom. The van der Waals surface area contributed by atoms with Gasteiger partial charge in [0.1, 0.15) is 17.8 Å². The molecule has 0 aliphatic carbocycles. The minimum Gasteiger partial charge on any atom is -0.444 e. The number of benzene rings is 1. The molecule has 0 fully saturated rings. The molecule has 1 aromatic rings. The summed E-state index contributed by atoms with van der Waals surface area (Å²) in [6.07, 6.45) is -1.08. The molecule has 21 heavy (non-hydrogen) atoms. The molecule has 0 radical (unpaired) electrons. The van der Waals surface area contributed by atoms with E-state index in [1.807, 2.05) is 0 Å². The number of nitrogens with zero attached hydrogens (tertiary/aromatic N) is 1. The first-order chi connectivity index (χ1) is 9.71. The number of anilines is 2. The Kier molecular flexibility index (Phi) is 5.24. The molecule has 0 saturated heterocycles. The maximum atomic E-state index is 13.5. The van der Waals surface area contributed by atoms with E-state index in [1.165, 1.54) is 12.1 Å². The molecular formula is C14H16FN3O3. The van der Waals surface area contributed by atoms with Gasteiger partial charge in [0, 0.05) is 5.69 Å². The molecule has 0 bridgehead atoms. The predicted molar refractivity (Wildman–Crippen MR) is 75.1 cm³/mol. The molecule has 0 heterocycles. The topological polar surface area (TPSA) is 91.2 Å². The Labute approximate surface area is 121 Å². The van der Waals surface area contributed by atoms with Crippen molar-refractivity contribution in [3.63, 3.8) is 0 Å². The number of rotatable bonds is 3. The van der Waals surface area contributed by atoms with Crippen LogP contribution in [0, 0.1) is 17.1 Å². The fraction of sp³-hybridized carbons (Fsp3) is 0.357. The van der Waals surface area contributed by atoms with Crippen molar-refractivity contribution in [1.29, 1.82) is 5.26 Å². The van der Waals surface area contributed by atoms with Crippen LogP contribution in [0.5, 0.6) is 0 Å². The van der Waals surface area contributed by atoms with Crippen molar-refractivity contribution in [2.45, 2.75) is 32.8 Å². The van der Waals surface area contributed by atoms with Gasteiger partial charge in [-0.1, -0.05) is 0 Å². The number of nitriles is 1. The lowest BCUT2D eigenvalue weighted by molar-refractivity contribution is -0.115. The fourth-order valence-electron chi connectivity index (χ4n) is 1.39. The van der Waals surface area contributed by atoms with E-state index in [4.69, 9.17) is 10.00 Å². The summed E-state index contributed by atoms with van der Waals surface area (Å²) < 4.78 is 18.6. The van der Waals surface area contributed by atoms with Crippen LogP contribution in [0.25, 0.3) is 0 Å². The van der Waals surface area contributed by atoms with Crippen molar-refractivity contribution >= 4 is 23.4 Å². The van der Waals surface area contributed by atoms with Crippen LogP contribution in [-0.4, -0.2) is 17.6 Å². The summed E-state index contributed by atoms with van der Waals surface area (Å²) in [6.45, 7) is 5.14. The third kappa shape index (κ3) is 5.91. The van der Waals surface area contributed by atoms with Gasteiger partial charge in [0.2, 0.25) is 5.91 Å². The molecule has 112 valence electrons. The first-order valence-electron chi connectivity index (χ1n) is 6.17. The highest BCUT2D eigenvalue weighted by Crippen LogP contribution is 2.20. The van der Waals surface area contributed by atoms with E-state index in [0.717, 1.165) is 6.07 Å². The Morgan fingerprint density at radius 3 is 2.57 bits per heavy atom. The van der Waals surface area contributed by atoms with E-state index in [9.17, 15) is 14.0 Å². The van der Waals surface area contributed by atoms with Crippen molar-refractivity contribution in [3.05, 3.63) is 24.0 Å². The predicted octanol–water partition coefficient (Wildman–Crippen LogP) is 3.02. The zero-order valence-corrected chi connectivity index (χ0v) is 12.0. The SMILES string of the molecule is CC(C)(C)OC(=O)Nc1ccc(F)c(NC(=O)CC#N)c1. The zero-order chi connectivity index (χ0) is 16.0. The molecular weight excluding hydrogens is 277 g/mol. The summed E-state index contributed by atoms with van der Waals surface area (Å²) >= 11 is 0. The highest BCUT2D eigenvalue weighted by molar-refractivity contribution is 5.93. The third-order valence-corrected chi connectivity index (χ3v) is 2.13. The molecule has 0 aromatic heterocycles. The van der Waals surface area contributed by atoms with E-state index in [2.05, 4.69) is 10.6 Å². The monoisotopic (exact) mass is 293 g/mol. The molecule has 6 nitrogen and oxygen atoms in total. The maximum absolute atomic E-state index is 13.5. The summed E-state index contributed by atoms with van der Waals surface area (Å²) in [5.74, 6) is -1.30. The molecule has 0 atom stereocenters. The quantitative estimate of drug-likeness (QED) is 0.896. The van der Waals surface area contributed by atoms with E-state index in [-0.39, 0.29) is 17.8 Å². The van der Waals surface area contributed by atoms with Gasteiger partial charge in [0.15, 0.2) is 0 Å². The van der Waals surface area contributed by atoms with Crippen molar-refractivity contribution in [1.82, 2.24) is 0 Å². The summed E-state index contributed by atoms with van der Waals surface area (Å²) in [4.78, 5) is 22.9. The minimum absolute atomic E-state index is 0.121. The Hall–Kier alpha value is -2.62. The maximum Gasteiger partial charge on any atom is 0.412 e. The average Bonchev–Trinajstić information content (AvgIpc) is 2.31. The van der Waals surface area contributed by atoms with Crippen LogP contribution in [0.1, 0.15) is 27.2 Å². The van der Waals surface area contributed by atoms with Crippen LogP contribution in [0.3, 0.4) is 0 Å². The second-order valence-corrected chi connectivity index (χ2v) is 5.20. The number of hydrogen-bond acceptors (Lipinski definition) is 4. The number of ether oxygens (including phenoxy) is 1. The number of carbonyl (C=O) groups is 2. The van der Waals surface area contributed by atoms with Gasteiger partial charge in [0.05, 0.1) is 11.8 Å². The number of halogens is 1. The van der Waals surface area contributed by atoms with Crippen molar-refractivity contribution in [2.75, 3.05) is 10.6 Å². The average molecular weight is 293 g/mol. The second-order valence-electron chi connectivity index (χ2n) is 5.20. The smallest absolute Gasteiger partial charge is 0.412 e. The largest absolute Gasteiger partial charge is 0.444 e. The van der Waals surface area contributed by atoms with Crippen LogP contribution in [-0.2, 0) is 9.53 Å². The number of amides is 2. The number of nitrogens with one attached hydrogen (secondary N) is 2. The first-order valence-corrected chi connectivity index (χ1v) is 6.17. The van der Waals surface area contributed by atoms with Crippen LogP contribution >= 0.6 is 0 Å². The standard InChI is InChI=1S/C14H16FN3O3/c1-14(2,3)21-13(20)17-9-4-5-10(15)11(8-9)18-12(19)6-7-16/h4-5,8H,6H2,1-3H3,(H,17,20)(H,18,19). The second kappa shape index (κ2) is 6.70. The lowest BCUT2D eigenvalue weighted by atomic mass is 10.2. The van der Waals surface area contributed by atoms with Gasteiger partial charge in [-0.2, -0.15) is 5.26 Å². The van der Waals surface area contributed by atoms with Crippen molar-refractivity contribution in [2.24, 2.45) is 0 Å². The molecule has 0 saturated carbocycles. The lowest BCUT2D eigenvalue weighted by Crippen LogP contribution is -2.27. The summed E-state index contributed by atoms with van der Waals surface area (Å²) in [5, 5.41) is 13.1. The van der Waals surface area contributed by atoms with Gasteiger partial charge in [-0.15, -0.1) is 0 Å². The van der Waals surface area contributed by atoms with Gasteiger partial charge in [-0.25, -0.2) is 9.18 Å². The van der Waals surface area contributed by atoms with E-state index in [1.54, 1.807) is 26.8 Å². The minimum atomic E-state index is -0.691. The van der Waals surface area contributed by atoms with Crippen molar-refractivity contribution in [3.8, 4) is 6.07 Å². The number of carbonyl (C=O) groups excluding carboxylic acids is 2. The summed E-state index contributed by atoms with van der Waals surface area (Å²) in [7, 11) is 0. The van der Waals surface area contributed by atoms with Gasteiger partial charge < -0.3 is 10.1 Å². The zero-order valence-electron chi connectivity index (χ0n) is 12.0. The molecule has 2 N–H and O–H groups in total. The Balaban J connectivity index is 2.80. The normalized spacial score (nSPS) is 10.4. The molecule has 1 aromatic carbocycles. The molecule has 0 aliphatic heterocycles. The molecule has 1 rings (SSSR count). The summed E-state index contributed by atoms with van der Waals surface area (Å²) in [6, 6.07) is 5.32. The molecule has 0 unspecified atom stereocenters. The van der Waals surface area contributed by atoms with Crippen molar-refractivity contribution < 1.29 is 18.7 Å². The Bertz CT molecular complexity index is 588. The molecule has 0 aliphatic rings. The van der Waals surface area contributed by atoms with Gasteiger partial charge >= 0.3 is 6.09 Å². The summed E-state index contributed by atoms with van der Waals surface area (Å²) in [5.41, 5.74) is -0.518. The van der Waals surface area contributed by atoms with Crippen LogP contribution in [0.4, 0.5) is 20.6 Å². The van der Waals surface area contributed by atoms with E-state index < -0.39 is 23.4 Å². The van der Waals surface area contributed by atoms with Crippen LogP contribution in [0.15, 0.2) is 18.2 Å². The van der Waals surface area contributed by atoms with Gasteiger partial charge in [-0.05, 0) is 39.0 Å². The van der Waals surface area contributed by atoms with Gasteiger partial charge in [0.25, 0.3) is 0 Å². The molecule has 0 spiro atoms. The van der Waals surface area contributed by atoms with Gasteiger partial charge in [-0.3, -0.25) is 10.1 Å². The molecule has 7 heteroatoms. The highest BCUT2D eigenvalue weighted by Gasteiger charge is 2.16. The first kappa shape index (κ1) is 16.4. The van der Waals surface area contributed by atoms with E-state index in [0.29, 0.717) is 0 Å². The third-order valence-electron chi connectivity index (χ3n) is 2.13. The fourth-order valence-corrected chi connectivity index (χ4v) is 1.39. The Morgan fingerprint density at radius 2 is 2.00 bits per heavy atom. The number of hydrogen-bond donors (Lipinski definition) is 2.